The average molecular weight is 298 g/mol. The van der Waals surface area contributed by atoms with E-state index in [2.05, 4.69) is 4.72 Å². The molecule has 0 aromatic heterocycles. The van der Waals surface area contributed by atoms with Crippen LogP contribution in [0, 0.1) is 18.6 Å². The maximum absolute atomic E-state index is 13.7. The van der Waals surface area contributed by atoms with Crippen molar-refractivity contribution < 1.29 is 17.2 Å². The average Bonchev–Trinajstić information content (AvgIpc) is 2.34. The number of benzene rings is 2. The lowest BCUT2D eigenvalue weighted by atomic mass is 10.2. The van der Waals surface area contributed by atoms with Crippen molar-refractivity contribution in [3.8, 4) is 0 Å². The molecule has 2 rings (SSSR count). The Bertz CT molecular complexity index is 761. The maximum atomic E-state index is 13.7. The van der Waals surface area contributed by atoms with Crippen LogP contribution in [-0.4, -0.2) is 8.42 Å². The molecule has 0 fully saturated rings. The first-order valence-corrected chi connectivity index (χ1v) is 7.12. The molecule has 20 heavy (non-hydrogen) atoms. The molecule has 0 bridgehead atoms. The molecule has 0 spiro atoms. The van der Waals surface area contributed by atoms with Gasteiger partial charge in [-0.15, -0.1) is 0 Å². The number of sulfonamides is 1. The topological polar surface area (TPSA) is 72.2 Å². The molecule has 4 nitrogen and oxygen atoms in total. The number of halogens is 2. The molecule has 0 aliphatic carbocycles. The van der Waals surface area contributed by atoms with Crippen LogP contribution in [0.1, 0.15) is 5.56 Å². The van der Waals surface area contributed by atoms with Crippen molar-refractivity contribution in [2.75, 3.05) is 10.5 Å². The number of hydrogen-bond donors (Lipinski definition) is 2. The molecule has 0 aliphatic heterocycles. The van der Waals surface area contributed by atoms with E-state index in [9.17, 15) is 17.2 Å². The van der Waals surface area contributed by atoms with E-state index in [1.807, 2.05) is 0 Å². The molecule has 106 valence electrons. The van der Waals surface area contributed by atoms with E-state index >= 15 is 0 Å². The van der Waals surface area contributed by atoms with E-state index in [-0.39, 0.29) is 16.9 Å². The first kappa shape index (κ1) is 14.3. The number of nitrogen functional groups attached to an aromatic ring is 1. The Balaban J connectivity index is 2.44. The van der Waals surface area contributed by atoms with Crippen molar-refractivity contribution in [2.45, 2.75) is 11.8 Å². The highest BCUT2D eigenvalue weighted by molar-refractivity contribution is 7.92. The summed E-state index contributed by atoms with van der Waals surface area (Å²) in [6.07, 6.45) is 0. The van der Waals surface area contributed by atoms with E-state index in [0.29, 0.717) is 0 Å². The Morgan fingerprint density at radius 1 is 1.10 bits per heavy atom. The third kappa shape index (κ3) is 2.72. The standard InChI is InChI=1S/C13H12F2N2O2S/c1-8-10(14)3-2-4-12(8)17-20(18,19)13-6-5-9(16)7-11(13)15/h2-7,17H,16H2,1H3. The molecule has 0 radical (unpaired) electrons. The van der Waals surface area contributed by atoms with Gasteiger partial charge in [0.15, 0.2) is 0 Å². The lowest BCUT2D eigenvalue weighted by molar-refractivity contribution is 0.570. The fourth-order valence-corrected chi connectivity index (χ4v) is 2.84. The maximum Gasteiger partial charge on any atom is 0.264 e. The molecule has 0 unspecified atom stereocenters. The van der Waals surface area contributed by atoms with Gasteiger partial charge < -0.3 is 5.73 Å². The van der Waals surface area contributed by atoms with Crippen LogP contribution in [0.25, 0.3) is 0 Å². The zero-order valence-electron chi connectivity index (χ0n) is 10.5. The van der Waals surface area contributed by atoms with Crippen LogP contribution in [0.3, 0.4) is 0 Å². The molecule has 0 atom stereocenters. The number of nitrogens with one attached hydrogen (secondary N) is 1. The summed E-state index contributed by atoms with van der Waals surface area (Å²) < 4.78 is 53.3. The second-order valence-electron chi connectivity index (χ2n) is 4.21. The second kappa shape index (κ2) is 5.09. The molecular weight excluding hydrogens is 286 g/mol. The first-order chi connectivity index (χ1) is 9.31. The first-order valence-electron chi connectivity index (χ1n) is 5.64. The molecule has 7 heteroatoms. The largest absolute Gasteiger partial charge is 0.399 e. The monoisotopic (exact) mass is 298 g/mol. The smallest absolute Gasteiger partial charge is 0.264 e. The summed E-state index contributed by atoms with van der Waals surface area (Å²) in [7, 11) is -4.15. The van der Waals surface area contributed by atoms with Crippen LogP contribution in [-0.2, 0) is 10.0 Å². The van der Waals surface area contributed by atoms with Crippen LogP contribution in [0.4, 0.5) is 20.2 Å². The second-order valence-corrected chi connectivity index (χ2v) is 5.86. The van der Waals surface area contributed by atoms with E-state index < -0.39 is 26.6 Å². The third-order valence-electron chi connectivity index (χ3n) is 2.76. The van der Waals surface area contributed by atoms with Gasteiger partial charge in [0.25, 0.3) is 10.0 Å². The number of anilines is 2. The minimum absolute atomic E-state index is 0.0567. The Kier molecular flexibility index (Phi) is 3.63. The highest BCUT2D eigenvalue weighted by atomic mass is 32.2. The van der Waals surface area contributed by atoms with Gasteiger partial charge in [-0.25, -0.2) is 17.2 Å². The van der Waals surface area contributed by atoms with Gasteiger partial charge in [0, 0.05) is 11.3 Å². The molecule has 0 heterocycles. The summed E-state index contributed by atoms with van der Waals surface area (Å²) >= 11 is 0. The molecule has 0 saturated carbocycles. The fourth-order valence-electron chi connectivity index (χ4n) is 1.65. The van der Waals surface area contributed by atoms with Gasteiger partial charge >= 0.3 is 0 Å². The summed E-state index contributed by atoms with van der Waals surface area (Å²) in [6.45, 7) is 1.42. The van der Waals surface area contributed by atoms with E-state index in [0.717, 1.165) is 12.1 Å². The zero-order chi connectivity index (χ0) is 14.9. The van der Waals surface area contributed by atoms with Crippen LogP contribution < -0.4 is 10.5 Å². The summed E-state index contributed by atoms with van der Waals surface area (Å²) in [5, 5.41) is 0. The SMILES string of the molecule is Cc1c(F)cccc1NS(=O)(=O)c1ccc(N)cc1F. The molecular formula is C13H12F2N2O2S. The van der Waals surface area contributed by atoms with Gasteiger partial charge in [-0.1, -0.05) is 6.07 Å². The predicted octanol–water partition coefficient (Wildman–Crippen LogP) is 2.66. The van der Waals surface area contributed by atoms with Crippen LogP contribution in [0.2, 0.25) is 0 Å². The lowest BCUT2D eigenvalue weighted by Gasteiger charge is -2.11. The molecule has 0 saturated heterocycles. The summed E-state index contributed by atoms with van der Waals surface area (Å²) in [4.78, 5) is -0.546. The third-order valence-corrected chi connectivity index (χ3v) is 4.16. The number of rotatable bonds is 3. The van der Waals surface area contributed by atoms with Gasteiger partial charge in [0.1, 0.15) is 16.5 Å². The van der Waals surface area contributed by atoms with Gasteiger partial charge in [0.05, 0.1) is 5.69 Å². The van der Waals surface area contributed by atoms with E-state index in [1.54, 1.807) is 0 Å². The molecule has 3 N–H and O–H groups in total. The van der Waals surface area contributed by atoms with Crippen LogP contribution >= 0.6 is 0 Å². The van der Waals surface area contributed by atoms with Crippen LogP contribution in [0.15, 0.2) is 41.3 Å². The summed E-state index contributed by atoms with van der Waals surface area (Å²) in [5.74, 6) is -1.52. The van der Waals surface area contributed by atoms with Crippen molar-refractivity contribution in [1.29, 1.82) is 0 Å². The van der Waals surface area contributed by atoms with Gasteiger partial charge in [0.2, 0.25) is 0 Å². The van der Waals surface area contributed by atoms with Crippen molar-refractivity contribution in [3.63, 3.8) is 0 Å². The Hall–Kier alpha value is -2.15. The fraction of sp³-hybridized carbons (Fsp3) is 0.0769. The highest BCUT2D eigenvalue weighted by Crippen LogP contribution is 2.23. The Morgan fingerprint density at radius 3 is 2.45 bits per heavy atom. The normalized spacial score (nSPS) is 11.3. The van der Waals surface area contributed by atoms with Crippen molar-refractivity contribution in [2.24, 2.45) is 0 Å². The van der Waals surface area contributed by atoms with Gasteiger partial charge in [-0.2, -0.15) is 0 Å². The Labute approximate surface area is 115 Å². The molecule has 2 aromatic carbocycles. The minimum atomic E-state index is -4.15. The zero-order valence-corrected chi connectivity index (χ0v) is 11.3. The van der Waals surface area contributed by atoms with E-state index in [1.165, 1.54) is 31.2 Å². The van der Waals surface area contributed by atoms with Gasteiger partial charge in [-0.05, 0) is 37.3 Å². The van der Waals surface area contributed by atoms with Crippen molar-refractivity contribution in [1.82, 2.24) is 0 Å². The van der Waals surface area contributed by atoms with Crippen molar-refractivity contribution in [3.05, 3.63) is 53.6 Å². The van der Waals surface area contributed by atoms with Gasteiger partial charge in [-0.3, -0.25) is 4.72 Å². The van der Waals surface area contributed by atoms with Crippen molar-refractivity contribution >= 4 is 21.4 Å². The number of nitrogens with two attached hydrogens (primary N) is 1. The minimum Gasteiger partial charge on any atom is -0.399 e. The Morgan fingerprint density at radius 2 is 1.80 bits per heavy atom. The summed E-state index contributed by atoms with van der Waals surface area (Å²) in [6, 6.07) is 7.20. The lowest BCUT2D eigenvalue weighted by Crippen LogP contribution is -2.15. The predicted molar refractivity (Wildman–Crippen MR) is 72.8 cm³/mol. The quantitative estimate of drug-likeness (QED) is 0.856. The summed E-state index contributed by atoms with van der Waals surface area (Å²) in [5.41, 5.74) is 5.66. The highest BCUT2D eigenvalue weighted by Gasteiger charge is 2.20. The molecule has 0 aliphatic rings. The van der Waals surface area contributed by atoms with Crippen LogP contribution in [0.5, 0.6) is 0 Å². The molecule has 2 aromatic rings. The number of hydrogen-bond acceptors (Lipinski definition) is 3. The van der Waals surface area contributed by atoms with E-state index in [4.69, 9.17) is 5.73 Å². The molecule has 0 amide bonds.